The summed E-state index contributed by atoms with van der Waals surface area (Å²) in [6.07, 6.45) is 6.33. The number of aromatic nitrogens is 1. The summed E-state index contributed by atoms with van der Waals surface area (Å²) in [4.78, 5) is 3.91. The Balaban J connectivity index is 3.01. The van der Waals surface area contributed by atoms with Gasteiger partial charge in [0.25, 0.3) is 0 Å². The van der Waals surface area contributed by atoms with Crippen LogP contribution in [-0.4, -0.2) is 4.98 Å². The van der Waals surface area contributed by atoms with Crippen molar-refractivity contribution in [2.24, 2.45) is 11.5 Å². The maximum absolute atomic E-state index is 5.72. The summed E-state index contributed by atoms with van der Waals surface area (Å²) in [5.41, 5.74) is 17.8. The maximum atomic E-state index is 5.72. The van der Waals surface area contributed by atoms with Crippen molar-refractivity contribution >= 4 is 11.5 Å². The molecular formula is C9H12N4. The number of pyridine rings is 1. The van der Waals surface area contributed by atoms with Gasteiger partial charge in [-0.3, -0.25) is 0 Å². The van der Waals surface area contributed by atoms with Crippen molar-refractivity contribution in [2.45, 2.75) is 0 Å². The third kappa shape index (κ3) is 2.23. The Labute approximate surface area is 76.8 Å². The molecule has 6 N–H and O–H groups in total. The summed E-state index contributed by atoms with van der Waals surface area (Å²) in [5, 5.41) is 0. The average molecular weight is 176 g/mol. The van der Waals surface area contributed by atoms with Gasteiger partial charge in [-0.25, -0.2) is 4.98 Å². The monoisotopic (exact) mass is 176 g/mol. The smallest absolute Gasteiger partial charge is 0.132 e. The highest BCUT2D eigenvalue weighted by molar-refractivity contribution is 5.71. The summed E-state index contributed by atoms with van der Waals surface area (Å²) in [6, 6.07) is 3.58. The lowest BCUT2D eigenvalue weighted by atomic mass is 10.2. The number of hydrogen-bond acceptors (Lipinski definition) is 4. The van der Waals surface area contributed by atoms with E-state index in [1.54, 1.807) is 30.5 Å². The second-order valence-electron chi connectivity index (χ2n) is 2.44. The van der Waals surface area contributed by atoms with Crippen molar-refractivity contribution in [1.29, 1.82) is 0 Å². The van der Waals surface area contributed by atoms with Gasteiger partial charge in [-0.05, 0) is 30.5 Å². The fourth-order valence-electron chi connectivity index (χ4n) is 0.911. The van der Waals surface area contributed by atoms with Crippen LogP contribution in [-0.2, 0) is 0 Å². The molecule has 1 aromatic heterocycles. The van der Waals surface area contributed by atoms with E-state index in [9.17, 15) is 0 Å². The van der Waals surface area contributed by atoms with Gasteiger partial charge in [0.05, 0.1) is 0 Å². The molecule has 0 aromatic carbocycles. The Bertz CT molecular complexity index is 341. The van der Waals surface area contributed by atoms with E-state index in [-0.39, 0.29) is 0 Å². The molecule has 0 aliphatic heterocycles. The van der Waals surface area contributed by atoms with Crippen molar-refractivity contribution in [3.05, 3.63) is 42.2 Å². The molecule has 1 aromatic rings. The van der Waals surface area contributed by atoms with Crippen LogP contribution >= 0.6 is 0 Å². The standard InChI is InChI=1S/C9H12N4/c10-5-1-4-8(11)7-3-2-6-13-9(7)12/h1-6H,10-11H2,(H2,12,13)/b5-1-,8-4-. The minimum Gasteiger partial charge on any atom is -0.405 e. The Kier molecular flexibility index (Phi) is 2.92. The molecule has 0 amide bonds. The predicted octanol–water partition coefficient (Wildman–Crippen LogP) is 0.436. The first-order valence-corrected chi connectivity index (χ1v) is 3.80. The maximum Gasteiger partial charge on any atom is 0.132 e. The largest absolute Gasteiger partial charge is 0.405 e. The van der Waals surface area contributed by atoms with Crippen molar-refractivity contribution in [2.75, 3.05) is 5.73 Å². The zero-order chi connectivity index (χ0) is 9.68. The first kappa shape index (κ1) is 9.12. The number of anilines is 1. The van der Waals surface area contributed by atoms with E-state index in [1.165, 1.54) is 6.20 Å². The van der Waals surface area contributed by atoms with Gasteiger partial charge in [0.15, 0.2) is 0 Å². The highest BCUT2D eigenvalue weighted by Crippen LogP contribution is 2.13. The van der Waals surface area contributed by atoms with Crippen LogP contribution < -0.4 is 17.2 Å². The molecule has 0 aliphatic rings. The van der Waals surface area contributed by atoms with Crippen LogP contribution in [0.2, 0.25) is 0 Å². The normalized spacial score (nSPS) is 12.2. The number of hydrogen-bond donors (Lipinski definition) is 3. The molecule has 0 saturated carbocycles. The molecule has 0 unspecified atom stereocenters. The van der Waals surface area contributed by atoms with Gasteiger partial charge in [-0.1, -0.05) is 0 Å². The average Bonchev–Trinajstić information content (AvgIpc) is 2.15. The molecule has 0 bridgehead atoms. The van der Waals surface area contributed by atoms with E-state index in [4.69, 9.17) is 17.2 Å². The van der Waals surface area contributed by atoms with Crippen LogP contribution in [0.1, 0.15) is 5.56 Å². The lowest BCUT2D eigenvalue weighted by Crippen LogP contribution is -2.02. The Morgan fingerprint density at radius 1 is 1.46 bits per heavy atom. The fourth-order valence-corrected chi connectivity index (χ4v) is 0.911. The molecule has 1 rings (SSSR count). The van der Waals surface area contributed by atoms with Gasteiger partial charge in [-0.2, -0.15) is 0 Å². The molecule has 0 spiro atoms. The first-order chi connectivity index (χ1) is 6.25. The SMILES string of the molecule is N/C=C\C=C(/N)c1cccnc1N. The van der Waals surface area contributed by atoms with Crippen LogP contribution in [0, 0.1) is 0 Å². The van der Waals surface area contributed by atoms with Crippen LogP contribution in [0.3, 0.4) is 0 Å². The van der Waals surface area contributed by atoms with Crippen LogP contribution in [0.25, 0.3) is 5.70 Å². The zero-order valence-corrected chi connectivity index (χ0v) is 7.14. The van der Waals surface area contributed by atoms with Gasteiger partial charge >= 0.3 is 0 Å². The molecule has 0 aliphatic carbocycles. The van der Waals surface area contributed by atoms with E-state index in [2.05, 4.69) is 4.98 Å². The van der Waals surface area contributed by atoms with E-state index in [0.717, 1.165) is 5.56 Å². The molecule has 68 valence electrons. The van der Waals surface area contributed by atoms with E-state index in [0.29, 0.717) is 11.5 Å². The van der Waals surface area contributed by atoms with Crippen molar-refractivity contribution < 1.29 is 0 Å². The molecule has 0 atom stereocenters. The second kappa shape index (κ2) is 4.15. The van der Waals surface area contributed by atoms with Gasteiger partial charge in [0, 0.05) is 17.5 Å². The summed E-state index contributed by atoms with van der Waals surface area (Å²) >= 11 is 0. The van der Waals surface area contributed by atoms with Crippen LogP contribution in [0.4, 0.5) is 5.82 Å². The third-order valence-electron chi connectivity index (χ3n) is 1.54. The minimum absolute atomic E-state index is 0.418. The number of nitrogen functional groups attached to an aromatic ring is 1. The van der Waals surface area contributed by atoms with Crippen molar-refractivity contribution in [3.63, 3.8) is 0 Å². The molecule has 4 heteroatoms. The highest BCUT2D eigenvalue weighted by atomic mass is 14.8. The number of allylic oxidation sites excluding steroid dienone is 2. The highest BCUT2D eigenvalue weighted by Gasteiger charge is 1.99. The Morgan fingerprint density at radius 3 is 2.85 bits per heavy atom. The van der Waals surface area contributed by atoms with E-state index >= 15 is 0 Å². The zero-order valence-electron chi connectivity index (χ0n) is 7.14. The van der Waals surface area contributed by atoms with Crippen LogP contribution in [0.5, 0.6) is 0 Å². The van der Waals surface area contributed by atoms with Crippen molar-refractivity contribution in [1.82, 2.24) is 4.98 Å². The lowest BCUT2D eigenvalue weighted by molar-refractivity contribution is 1.31. The Hall–Kier alpha value is -1.97. The number of nitrogens with zero attached hydrogens (tertiary/aromatic N) is 1. The van der Waals surface area contributed by atoms with E-state index < -0.39 is 0 Å². The summed E-state index contributed by atoms with van der Waals surface area (Å²) in [7, 11) is 0. The Morgan fingerprint density at radius 2 is 2.23 bits per heavy atom. The van der Waals surface area contributed by atoms with Crippen LogP contribution in [0.15, 0.2) is 36.7 Å². The summed E-state index contributed by atoms with van der Waals surface area (Å²) in [6.45, 7) is 0. The first-order valence-electron chi connectivity index (χ1n) is 3.80. The van der Waals surface area contributed by atoms with Gasteiger partial charge in [-0.15, -0.1) is 0 Å². The molecule has 0 saturated heterocycles. The number of nitrogens with two attached hydrogens (primary N) is 3. The lowest BCUT2D eigenvalue weighted by Gasteiger charge is -2.02. The third-order valence-corrected chi connectivity index (χ3v) is 1.54. The molecule has 1 heterocycles. The topological polar surface area (TPSA) is 91.0 Å². The summed E-state index contributed by atoms with van der Waals surface area (Å²) in [5.74, 6) is 0.418. The summed E-state index contributed by atoms with van der Waals surface area (Å²) < 4.78 is 0. The second-order valence-corrected chi connectivity index (χ2v) is 2.44. The molecule has 0 radical (unpaired) electrons. The minimum atomic E-state index is 0.418. The van der Waals surface area contributed by atoms with E-state index in [1.807, 2.05) is 0 Å². The molecule has 0 fully saturated rings. The molecule has 13 heavy (non-hydrogen) atoms. The molecule has 4 nitrogen and oxygen atoms in total. The quantitative estimate of drug-likeness (QED) is 0.570. The van der Waals surface area contributed by atoms with Gasteiger partial charge in [0.1, 0.15) is 5.82 Å². The number of rotatable bonds is 2. The van der Waals surface area contributed by atoms with Crippen molar-refractivity contribution in [3.8, 4) is 0 Å². The van der Waals surface area contributed by atoms with Gasteiger partial charge in [0.2, 0.25) is 0 Å². The fraction of sp³-hybridized carbons (Fsp3) is 0. The van der Waals surface area contributed by atoms with Gasteiger partial charge < -0.3 is 17.2 Å². The predicted molar refractivity (Wildman–Crippen MR) is 54.1 cm³/mol. The molecular weight excluding hydrogens is 164 g/mol.